The van der Waals surface area contributed by atoms with Crippen LogP contribution < -0.4 is 4.74 Å². The third kappa shape index (κ3) is 3.66. The fourth-order valence-electron chi connectivity index (χ4n) is 8.57. The summed E-state index contributed by atoms with van der Waals surface area (Å²) in [4.78, 5) is 15.3. The Hall–Kier alpha value is -3.61. The number of phenols is 1. The Morgan fingerprint density at radius 3 is 2.44 bits per heavy atom. The summed E-state index contributed by atoms with van der Waals surface area (Å²) >= 11 is 0. The fourth-order valence-corrected chi connectivity index (χ4v) is 8.57. The molecule has 212 valence electrons. The number of aromatic hydroxyl groups is 1. The Balaban J connectivity index is 1.54. The molecular weight excluding hydrogens is 514 g/mol. The molecule has 3 aromatic rings. The summed E-state index contributed by atoms with van der Waals surface area (Å²) in [6, 6.07) is 22.8. The lowest BCUT2D eigenvalue weighted by atomic mass is 9.51. The summed E-state index contributed by atoms with van der Waals surface area (Å²) in [5.41, 5.74) is 4.21. The minimum Gasteiger partial charge on any atom is -0.504 e. The zero-order valence-electron chi connectivity index (χ0n) is 23.6. The van der Waals surface area contributed by atoms with Crippen LogP contribution >= 0.6 is 0 Å². The van der Waals surface area contributed by atoms with E-state index in [1.54, 1.807) is 0 Å². The Kier molecular flexibility index (Phi) is 6.25. The molecule has 0 amide bonds. The Bertz CT molecular complexity index is 1460. The number of likely N-dealkylation sites (N-methyl/N-ethyl adjacent to an activating group) is 1. The number of hydrogen-bond donors (Lipinski definition) is 2. The number of piperidine rings is 1. The number of ether oxygens (including phenoxy) is 2. The van der Waals surface area contributed by atoms with Gasteiger partial charge in [0, 0.05) is 34.8 Å². The Morgan fingerprint density at radius 1 is 1.10 bits per heavy atom. The van der Waals surface area contributed by atoms with Gasteiger partial charge in [-0.05, 0) is 68.1 Å². The van der Waals surface area contributed by atoms with Crippen LogP contribution in [0.3, 0.4) is 0 Å². The fraction of sp³-hybridized carbons (Fsp3) is 0.400. The van der Waals surface area contributed by atoms with Gasteiger partial charge in [0.05, 0.1) is 6.61 Å². The van der Waals surface area contributed by atoms with Crippen molar-refractivity contribution in [2.24, 2.45) is 5.92 Å². The highest BCUT2D eigenvalue weighted by Crippen LogP contribution is 2.64. The first-order chi connectivity index (χ1) is 19.9. The minimum absolute atomic E-state index is 0.0956. The number of aliphatic hydroxyl groups is 1. The second kappa shape index (κ2) is 9.74. The molecule has 1 saturated heterocycles. The van der Waals surface area contributed by atoms with E-state index >= 15 is 0 Å². The molecule has 7 rings (SSSR count). The SMILES string of the molecule is CCOC(=O)CCC(c1ccccc1)(c1ccccc1)c1cc(O)c2c3c1C[C@@H]1[C@@H]4C=C[C@H](O)[C@H](O2)[C@]34CCN1C. The van der Waals surface area contributed by atoms with Crippen LogP contribution in [-0.4, -0.2) is 59.5 Å². The molecule has 6 heteroatoms. The van der Waals surface area contributed by atoms with Crippen molar-refractivity contribution < 1.29 is 24.5 Å². The number of hydrogen-bond acceptors (Lipinski definition) is 6. The third-order valence-corrected chi connectivity index (χ3v) is 10.3. The summed E-state index contributed by atoms with van der Waals surface area (Å²) in [5.74, 6) is 0.561. The maximum absolute atomic E-state index is 12.9. The van der Waals surface area contributed by atoms with E-state index in [4.69, 9.17) is 9.47 Å². The van der Waals surface area contributed by atoms with Gasteiger partial charge in [-0.3, -0.25) is 4.79 Å². The summed E-state index contributed by atoms with van der Waals surface area (Å²) in [7, 11) is 2.19. The van der Waals surface area contributed by atoms with E-state index in [9.17, 15) is 15.0 Å². The predicted octanol–water partition coefficient (Wildman–Crippen LogP) is 4.88. The zero-order chi connectivity index (χ0) is 28.4. The number of carbonyl (C=O) groups excluding carboxylic acids is 1. The van der Waals surface area contributed by atoms with Crippen molar-refractivity contribution in [3.8, 4) is 11.5 Å². The number of carbonyl (C=O) groups is 1. The first kappa shape index (κ1) is 26.3. The van der Waals surface area contributed by atoms with Gasteiger partial charge in [0.2, 0.25) is 0 Å². The van der Waals surface area contributed by atoms with Crippen LogP contribution in [0.4, 0.5) is 0 Å². The number of rotatable bonds is 7. The van der Waals surface area contributed by atoms with Crippen molar-refractivity contribution in [3.05, 3.63) is 107 Å². The first-order valence-corrected chi connectivity index (χ1v) is 14.8. The van der Waals surface area contributed by atoms with Gasteiger partial charge in [-0.1, -0.05) is 72.8 Å². The number of likely N-dealkylation sites (tertiary alicyclic amines) is 1. The van der Waals surface area contributed by atoms with Gasteiger partial charge >= 0.3 is 5.97 Å². The van der Waals surface area contributed by atoms with Crippen LogP contribution in [-0.2, 0) is 26.8 Å². The molecule has 3 aromatic carbocycles. The molecule has 2 aliphatic heterocycles. The van der Waals surface area contributed by atoms with Gasteiger partial charge in [-0.2, -0.15) is 0 Å². The molecule has 0 unspecified atom stereocenters. The molecular formula is C35H37NO5. The van der Waals surface area contributed by atoms with Crippen molar-refractivity contribution in [2.75, 3.05) is 20.2 Å². The van der Waals surface area contributed by atoms with Crippen molar-refractivity contribution in [1.82, 2.24) is 4.90 Å². The van der Waals surface area contributed by atoms with Crippen LogP contribution in [0.25, 0.3) is 0 Å². The van der Waals surface area contributed by atoms with E-state index in [0.29, 0.717) is 18.8 Å². The Morgan fingerprint density at radius 2 is 1.78 bits per heavy atom. The molecule has 6 nitrogen and oxygen atoms in total. The lowest BCUT2D eigenvalue weighted by Gasteiger charge is -2.57. The van der Waals surface area contributed by atoms with E-state index < -0.39 is 23.0 Å². The highest BCUT2D eigenvalue weighted by atomic mass is 16.5. The topological polar surface area (TPSA) is 79.2 Å². The first-order valence-electron chi connectivity index (χ1n) is 14.8. The minimum atomic E-state index is -0.742. The molecule has 2 heterocycles. The van der Waals surface area contributed by atoms with Gasteiger partial charge in [0.1, 0.15) is 12.2 Å². The number of nitrogens with zero attached hydrogens (tertiary/aromatic N) is 1. The predicted molar refractivity (Wildman–Crippen MR) is 156 cm³/mol. The molecule has 5 atom stereocenters. The highest BCUT2D eigenvalue weighted by Gasteiger charge is 2.65. The smallest absolute Gasteiger partial charge is 0.305 e. The summed E-state index contributed by atoms with van der Waals surface area (Å²) in [5, 5.41) is 22.9. The van der Waals surface area contributed by atoms with Crippen molar-refractivity contribution in [3.63, 3.8) is 0 Å². The van der Waals surface area contributed by atoms with Crippen LogP contribution in [0.1, 0.15) is 54.0 Å². The standard InChI is InChI=1S/C35H37NO5/c1-3-40-30(39)16-17-34(22-10-6-4-7-11-22,23-12-8-5-9-13-23)26-21-29(38)32-31-24(26)20-27-25-14-15-28(37)33(41-32)35(25,31)18-19-36(27)2/h4-15,21,25,27-28,33,37-38H,3,16-20H2,1-2H3/t25-,27+,28-,33-,35-/m0/s1. The molecule has 4 aliphatic rings. The molecule has 1 spiro atoms. The van der Waals surface area contributed by atoms with E-state index in [-0.39, 0.29) is 30.1 Å². The van der Waals surface area contributed by atoms with Crippen molar-refractivity contribution in [2.45, 2.75) is 61.7 Å². The van der Waals surface area contributed by atoms with Gasteiger partial charge in [0.25, 0.3) is 0 Å². The highest BCUT2D eigenvalue weighted by molar-refractivity contribution is 5.72. The second-order valence-electron chi connectivity index (χ2n) is 12.1. The van der Waals surface area contributed by atoms with Crippen molar-refractivity contribution in [1.29, 1.82) is 0 Å². The molecule has 0 radical (unpaired) electrons. The quantitative estimate of drug-likeness (QED) is 0.248. The van der Waals surface area contributed by atoms with E-state index in [1.807, 2.05) is 55.5 Å². The maximum Gasteiger partial charge on any atom is 0.305 e. The van der Waals surface area contributed by atoms with Gasteiger partial charge in [-0.15, -0.1) is 0 Å². The average molecular weight is 552 g/mol. The van der Waals surface area contributed by atoms with Crippen LogP contribution in [0.5, 0.6) is 11.5 Å². The number of benzene rings is 3. The molecule has 2 N–H and O–H groups in total. The summed E-state index contributed by atoms with van der Waals surface area (Å²) < 4.78 is 11.9. The van der Waals surface area contributed by atoms with E-state index in [1.165, 1.54) is 5.56 Å². The second-order valence-corrected chi connectivity index (χ2v) is 12.1. The van der Waals surface area contributed by atoms with Gasteiger partial charge in [-0.25, -0.2) is 0 Å². The van der Waals surface area contributed by atoms with E-state index in [2.05, 4.69) is 42.3 Å². The third-order valence-electron chi connectivity index (χ3n) is 10.3. The molecule has 2 bridgehead atoms. The number of esters is 1. The van der Waals surface area contributed by atoms with E-state index in [0.717, 1.165) is 41.6 Å². The van der Waals surface area contributed by atoms with Crippen LogP contribution in [0.15, 0.2) is 78.9 Å². The molecule has 41 heavy (non-hydrogen) atoms. The van der Waals surface area contributed by atoms with Gasteiger partial charge < -0.3 is 24.6 Å². The number of aliphatic hydroxyl groups excluding tert-OH is 1. The number of phenolic OH excluding ortho intramolecular Hbond substituents is 1. The molecule has 0 aromatic heterocycles. The monoisotopic (exact) mass is 551 g/mol. The summed E-state index contributed by atoms with van der Waals surface area (Å²) in [6.45, 7) is 3.06. The lowest BCUT2D eigenvalue weighted by Crippen LogP contribution is -2.65. The maximum atomic E-state index is 12.9. The molecule has 2 aliphatic carbocycles. The lowest BCUT2D eigenvalue weighted by molar-refractivity contribution is -0.143. The van der Waals surface area contributed by atoms with Crippen LogP contribution in [0, 0.1) is 5.92 Å². The largest absolute Gasteiger partial charge is 0.504 e. The molecule has 0 saturated carbocycles. The normalized spacial score (nSPS) is 27.7. The van der Waals surface area contributed by atoms with Gasteiger partial charge in [0.15, 0.2) is 11.5 Å². The molecule has 1 fully saturated rings. The average Bonchev–Trinajstić information content (AvgIpc) is 3.35. The zero-order valence-corrected chi connectivity index (χ0v) is 23.6. The Labute approximate surface area is 241 Å². The van der Waals surface area contributed by atoms with Crippen molar-refractivity contribution >= 4 is 5.97 Å². The summed E-state index contributed by atoms with van der Waals surface area (Å²) in [6.07, 6.45) is 5.23. The van der Waals surface area contributed by atoms with Crippen LogP contribution in [0.2, 0.25) is 0 Å².